The van der Waals surface area contributed by atoms with Crippen LogP contribution in [0.4, 0.5) is 0 Å². The van der Waals surface area contributed by atoms with E-state index < -0.39 is 5.91 Å². The molecule has 0 radical (unpaired) electrons. The van der Waals surface area contributed by atoms with Crippen molar-refractivity contribution in [2.45, 2.75) is 38.1 Å². The van der Waals surface area contributed by atoms with Crippen LogP contribution in [0.5, 0.6) is 11.5 Å². The molecule has 0 spiro atoms. The highest BCUT2D eigenvalue weighted by atomic mass is 35.5. The largest absolute Gasteiger partial charge is 0.486 e. The van der Waals surface area contributed by atoms with Gasteiger partial charge in [0.25, 0.3) is 11.8 Å². The van der Waals surface area contributed by atoms with Crippen LogP contribution in [0.15, 0.2) is 42.5 Å². The highest BCUT2D eigenvalue weighted by Gasteiger charge is 2.24. The highest BCUT2D eigenvalue weighted by Crippen LogP contribution is 2.27. The molecular formula is C24H26Cl2N2O5. The Morgan fingerprint density at radius 3 is 2.24 bits per heavy atom. The predicted octanol–water partition coefficient (Wildman–Crippen LogP) is 4.18. The number of hydrogen-bond acceptors (Lipinski definition) is 5. The molecule has 1 saturated carbocycles. The van der Waals surface area contributed by atoms with E-state index >= 15 is 0 Å². The van der Waals surface area contributed by atoms with Crippen LogP contribution < -0.4 is 20.5 Å². The number of carbonyl (C=O) groups is 3. The van der Waals surface area contributed by atoms with E-state index in [4.69, 9.17) is 38.4 Å². The Labute approximate surface area is 202 Å². The van der Waals surface area contributed by atoms with Gasteiger partial charge in [0.15, 0.2) is 12.4 Å². The summed E-state index contributed by atoms with van der Waals surface area (Å²) in [6.45, 7) is -0.198. The Kier molecular flexibility index (Phi) is 8.97. The second-order valence-electron chi connectivity index (χ2n) is 8.06. The number of benzene rings is 2. The first-order valence-electron chi connectivity index (χ1n) is 10.7. The normalized spacial score (nSPS) is 17.8. The molecule has 0 aliphatic heterocycles. The van der Waals surface area contributed by atoms with E-state index in [-0.39, 0.29) is 48.2 Å². The summed E-state index contributed by atoms with van der Waals surface area (Å²) in [6, 6.07) is 11.4. The molecule has 1 fully saturated rings. The van der Waals surface area contributed by atoms with E-state index in [1.807, 2.05) is 0 Å². The van der Waals surface area contributed by atoms with E-state index in [0.717, 1.165) is 25.7 Å². The molecule has 9 heteroatoms. The minimum atomic E-state index is -0.681. The molecule has 2 amide bonds. The van der Waals surface area contributed by atoms with Crippen molar-refractivity contribution in [3.05, 3.63) is 58.1 Å². The first kappa shape index (κ1) is 24.9. The third kappa shape index (κ3) is 7.94. The van der Waals surface area contributed by atoms with Gasteiger partial charge in [-0.15, -0.1) is 0 Å². The molecule has 1 aliphatic carbocycles. The number of primary amides is 1. The van der Waals surface area contributed by atoms with Crippen molar-refractivity contribution < 1.29 is 23.9 Å². The van der Waals surface area contributed by atoms with Crippen LogP contribution in [-0.2, 0) is 9.59 Å². The second-order valence-corrected chi connectivity index (χ2v) is 8.94. The summed E-state index contributed by atoms with van der Waals surface area (Å²) in [5.41, 5.74) is 5.45. The van der Waals surface area contributed by atoms with E-state index in [9.17, 15) is 14.4 Å². The third-order valence-electron chi connectivity index (χ3n) is 5.51. The van der Waals surface area contributed by atoms with Gasteiger partial charge < -0.3 is 20.5 Å². The zero-order valence-electron chi connectivity index (χ0n) is 18.0. The molecule has 0 heterocycles. The average molecular weight is 493 g/mol. The fraction of sp³-hybridized carbons (Fsp3) is 0.375. The summed E-state index contributed by atoms with van der Waals surface area (Å²) >= 11 is 11.7. The van der Waals surface area contributed by atoms with Gasteiger partial charge in [-0.25, -0.2) is 0 Å². The van der Waals surface area contributed by atoms with Crippen molar-refractivity contribution in [3.63, 3.8) is 0 Å². The molecule has 3 rings (SSSR count). The summed E-state index contributed by atoms with van der Waals surface area (Å²) in [4.78, 5) is 36.0. The zero-order chi connectivity index (χ0) is 23.8. The number of ether oxygens (including phenoxy) is 2. The Morgan fingerprint density at radius 2 is 1.58 bits per heavy atom. The van der Waals surface area contributed by atoms with Crippen LogP contribution in [0.1, 0.15) is 42.5 Å². The quantitative estimate of drug-likeness (QED) is 0.516. The number of halogens is 2. The number of carbonyl (C=O) groups excluding carboxylic acids is 3. The number of nitrogens with one attached hydrogen (secondary N) is 1. The van der Waals surface area contributed by atoms with Crippen molar-refractivity contribution in [1.82, 2.24) is 5.32 Å². The molecule has 1 aliphatic rings. The van der Waals surface area contributed by atoms with Crippen LogP contribution >= 0.6 is 23.2 Å². The number of amides is 2. The van der Waals surface area contributed by atoms with Crippen LogP contribution in [0.25, 0.3) is 0 Å². The zero-order valence-corrected chi connectivity index (χ0v) is 19.5. The van der Waals surface area contributed by atoms with Crippen molar-refractivity contribution in [2.24, 2.45) is 11.7 Å². The Bertz CT molecular complexity index is 989. The first-order valence-corrected chi connectivity index (χ1v) is 11.5. The van der Waals surface area contributed by atoms with Crippen LogP contribution in [0, 0.1) is 5.92 Å². The van der Waals surface area contributed by atoms with Gasteiger partial charge in [0.2, 0.25) is 0 Å². The third-order valence-corrected chi connectivity index (χ3v) is 5.99. The van der Waals surface area contributed by atoms with E-state index in [0.29, 0.717) is 22.2 Å². The smallest absolute Gasteiger partial charge is 0.258 e. The number of rotatable bonds is 10. The van der Waals surface area contributed by atoms with E-state index in [2.05, 4.69) is 5.32 Å². The van der Waals surface area contributed by atoms with Gasteiger partial charge in [-0.2, -0.15) is 0 Å². The maximum absolute atomic E-state index is 12.3. The van der Waals surface area contributed by atoms with Crippen LogP contribution in [-0.4, -0.2) is 36.9 Å². The van der Waals surface area contributed by atoms with Gasteiger partial charge in [0.1, 0.15) is 18.1 Å². The summed E-state index contributed by atoms with van der Waals surface area (Å²) in [6.07, 6.45) is 3.73. The van der Waals surface area contributed by atoms with Crippen LogP contribution in [0.2, 0.25) is 10.0 Å². The van der Waals surface area contributed by atoms with E-state index in [1.54, 1.807) is 30.3 Å². The molecule has 0 atom stereocenters. The fourth-order valence-corrected chi connectivity index (χ4v) is 4.12. The Morgan fingerprint density at radius 1 is 0.909 bits per heavy atom. The van der Waals surface area contributed by atoms with Gasteiger partial charge in [-0.05, 0) is 74.1 Å². The molecule has 0 aromatic heterocycles. The Hall–Kier alpha value is -2.77. The standard InChI is InChI=1S/C24H26Cl2N2O5/c25-16-3-8-20(9-4-16)32-13-19(29)11-15-1-6-18(7-2-15)28-23(30)14-33-22-10-5-17(26)12-21(22)24(27)31/h3-5,8-10,12,15,18H,1-2,6-7,11,13-14H2,(H2,27,31)(H,28,30). The Balaban J connectivity index is 1.36. The van der Waals surface area contributed by atoms with Gasteiger partial charge in [-0.3, -0.25) is 14.4 Å². The number of Topliss-reactive ketones (excluding diaryl/α,β-unsaturated/α-hetero) is 1. The number of hydrogen-bond donors (Lipinski definition) is 2. The van der Waals surface area contributed by atoms with Crippen LogP contribution in [0.3, 0.4) is 0 Å². The van der Waals surface area contributed by atoms with Gasteiger partial charge in [0.05, 0.1) is 5.56 Å². The molecule has 0 saturated heterocycles. The van der Waals surface area contributed by atoms with Crippen molar-refractivity contribution in [1.29, 1.82) is 0 Å². The fourth-order valence-electron chi connectivity index (χ4n) is 3.82. The molecule has 176 valence electrons. The number of nitrogens with two attached hydrogens (primary N) is 1. The van der Waals surface area contributed by atoms with Crippen molar-refractivity contribution in [2.75, 3.05) is 13.2 Å². The SMILES string of the molecule is NC(=O)c1cc(Cl)ccc1OCC(=O)NC1CCC(CC(=O)COc2ccc(Cl)cc2)CC1. The van der Waals surface area contributed by atoms with Gasteiger partial charge in [0, 0.05) is 22.5 Å². The predicted molar refractivity (Wildman–Crippen MR) is 126 cm³/mol. The molecule has 0 unspecified atom stereocenters. The summed E-state index contributed by atoms with van der Waals surface area (Å²) in [7, 11) is 0. The van der Waals surface area contributed by atoms with Gasteiger partial charge >= 0.3 is 0 Å². The molecular weight excluding hydrogens is 467 g/mol. The summed E-state index contributed by atoms with van der Waals surface area (Å²) in [5, 5.41) is 3.92. The molecule has 3 N–H and O–H groups in total. The van der Waals surface area contributed by atoms with Crippen molar-refractivity contribution >= 4 is 40.8 Å². The lowest BCUT2D eigenvalue weighted by molar-refractivity contribution is -0.125. The minimum absolute atomic E-state index is 0.0265. The molecule has 2 aromatic rings. The topological polar surface area (TPSA) is 108 Å². The molecule has 33 heavy (non-hydrogen) atoms. The molecule has 2 aromatic carbocycles. The maximum Gasteiger partial charge on any atom is 0.258 e. The van der Waals surface area contributed by atoms with E-state index in [1.165, 1.54) is 12.1 Å². The first-order chi connectivity index (χ1) is 15.8. The minimum Gasteiger partial charge on any atom is -0.486 e. The monoisotopic (exact) mass is 492 g/mol. The lowest BCUT2D eigenvalue weighted by Gasteiger charge is -2.28. The summed E-state index contributed by atoms with van der Waals surface area (Å²) < 4.78 is 11.0. The molecule has 7 nitrogen and oxygen atoms in total. The highest BCUT2D eigenvalue weighted by molar-refractivity contribution is 6.31. The van der Waals surface area contributed by atoms with Gasteiger partial charge in [-0.1, -0.05) is 23.2 Å². The lowest BCUT2D eigenvalue weighted by atomic mass is 9.83. The molecule has 0 bridgehead atoms. The average Bonchev–Trinajstić information content (AvgIpc) is 2.79. The number of ketones is 1. The lowest BCUT2D eigenvalue weighted by Crippen LogP contribution is -2.40. The maximum atomic E-state index is 12.3. The van der Waals surface area contributed by atoms with Crippen molar-refractivity contribution in [3.8, 4) is 11.5 Å². The second kappa shape index (κ2) is 11.9. The summed E-state index contributed by atoms with van der Waals surface area (Å²) in [5.74, 6) is 0.200.